The molecular formula is C11H7F3N2O2. The summed E-state index contributed by atoms with van der Waals surface area (Å²) in [6, 6.07) is 6.65. The van der Waals surface area contributed by atoms with Gasteiger partial charge in [-0.25, -0.2) is 0 Å². The third kappa shape index (κ3) is 2.20. The molecule has 0 aliphatic carbocycles. The number of amides is 1. The van der Waals surface area contributed by atoms with E-state index in [0.29, 0.717) is 0 Å². The highest BCUT2D eigenvalue weighted by Gasteiger charge is 2.35. The molecule has 0 spiro atoms. The zero-order valence-electron chi connectivity index (χ0n) is 8.86. The lowest BCUT2D eigenvalue weighted by atomic mass is 10.0. The maximum absolute atomic E-state index is 12.4. The molecule has 0 saturated carbocycles. The number of primary amides is 1. The van der Waals surface area contributed by atoms with Crippen LogP contribution in [0.25, 0.3) is 11.3 Å². The van der Waals surface area contributed by atoms with Crippen molar-refractivity contribution in [1.82, 2.24) is 5.16 Å². The van der Waals surface area contributed by atoms with Crippen LogP contribution in [-0.2, 0) is 6.18 Å². The molecular weight excluding hydrogens is 249 g/mol. The lowest BCUT2D eigenvalue weighted by molar-refractivity contribution is -0.142. The van der Waals surface area contributed by atoms with Gasteiger partial charge in [-0.1, -0.05) is 23.4 Å². The molecule has 7 heteroatoms. The molecule has 4 nitrogen and oxygen atoms in total. The van der Waals surface area contributed by atoms with Crippen LogP contribution in [0.1, 0.15) is 16.1 Å². The van der Waals surface area contributed by atoms with Crippen LogP contribution in [0.3, 0.4) is 0 Å². The molecule has 0 fully saturated rings. The SMILES string of the molecule is NC(=O)c1ccccc1-c1cc(C(F)(F)F)no1. The van der Waals surface area contributed by atoms with Crippen LogP contribution < -0.4 is 5.73 Å². The molecule has 1 heterocycles. The number of nitrogens with zero attached hydrogens (tertiary/aromatic N) is 1. The van der Waals surface area contributed by atoms with E-state index >= 15 is 0 Å². The predicted molar refractivity (Wildman–Crippen MR) is 55.5 cm³/mol. The number of rotatable bonds is 2. The van der Waals surface area contributed by atoms with Crippen LogP contribution in [0.5, 0.6) is 0 Å². The van der Waals surface area contributed by atoms with E-state index in [0.717, 1.165) is 6.07 Å². The van der Waals surface area contributed by atoms with Gasteiger partial charge in [-0.2, -0.15) is 13.2 Å². The average molecular weight is 256 g/mol. The van der Waals surface area contributed by atoms with Gasteiger partial charge in [0.25, 0.3) is 0 Å². The number of nitrogens with two attached hydrogens (primary N) is 1. The Bertz CT molecular complexity index is 590. The van der Waals surface area contributed by atoms with Gasteiger partial charge in [-0.05, 0) is 6.07 Å². The summed E-state index contributed by atoms with van der Waals surface area (Å²) in [7, 11) is 0. The van der Waals surface area contributed by atoms with Crippen LogP contribution in [0.2, 0.25) is 0 Å². The van der Waals surface area contributed by atoms with E-state index in [1.165, 1.54) is 12.1 Å². The van der Waals surface area contributed by atoms with Crippen molar-refractivity contribution in [1.29, 1.82) is 0 Å². The number of carbonyl (C=O) groups is 1. The fraction of sp³-hybridized carbons (Fsp3) is 0.0909. The van der Waals surface area contributed by atoms with Crippen LogP contribution in [-0.4, -0.2) is 11.1 Å². The molecule has 0 unspecified atom stereocenters. The highest BCUT2D eigenvalue weighted by molar-refractivity contribution is 5.99. The first-order valence-electron chi connectivity index (χ1n) is 4.82. The molecule has 2 rings (SSSR count). The first-order chi connectivity index (χ1) is 8.39. The summed E-state index contributed by atoms with van der Waals surface area (Å²) in [6.07, 6.45) is -4.59. The fourth-order valence-electron chi connectivity index (χ4n) is 1.45. The Balaban J connectivity index is 2.50. The van der Waals surface area contributed by atoms with Gasteiger partial charge in [0.05, 0.1) is 5.56 Å². The Morgan fingerprint density at radius 3 is 2.50 bits per heavy atom. The van der Waals surface area contributed by atoms with Gasteiger partial charge in [-0.15, -0.1) is 0 Å². The lowest BCUT2D eigenvalue weighted by Crippen LogP contribution is -2.12. The quantitative estimate of drug-likeness (QED) is 0.897. The summed E-state index contributed by atoms with van der Waals surface area (Å²) < 4.78 is 41.7. The Hall–Kier alpha value is -2.31. The third-order valence-corrected chi connectivity index (χ3v) is 2.26. The average Bonchev–Trinajstić information content (AvgIpc) is 2.77. The van der Waals surface area contributed by atoms with Crippen molar-refractivity contribution in [2.45, 2.75) is 6.18 Å². The molecule has 0 bridgehead atoms. The minimum atomic E-state index is -4.59. The van der Waals surface area contributed by atoms with Crippen molar-refractivity contribution in [2.75, 3.05) is 0 Å². The van der Waals surface area contributed by atoms with E-state index in [9.17, 15) is 18.0 Å². The van der Waals surface area contributed by atoms with Gasteiger partial charge in [-0.3, -0.25) is 4.79 Å². The number of aromatic nitrogens is 1. The van der Waals surface area contributed by atoms with Crippen LogP contribution >= 0.6 is 0 Å². The second-order valence-electron chi connectivity index (χ2n) is 3.48. The number of benzene rings is 1. The molecule has 0 aliphatic heterocycles. The molecule has 94 valence electrons. The summed E-state index contributed by atoms with van der Waals surface area (Å²) in [5.41, 5.74) is 4.21. The fourth-order valence-corrected chi connectivity index (χ4v) is 1.45. The predicted octanol–water partition coefficient (Wildman–Crippen LogP) is 2.46. The van der Waals surface area contributed by atoms with Crippen LogP contribution in [0.15, 0.2) is 34.9 Å². The van der Waals surface area contributed by atoms with Crippen LogP contribution in [0, 0.1) is 0 Å². The van der Waals surface area contributed by atoms with E-state index in [-0.39, 0.29) is 16.9 Å². The van der Waals surface area contributed by atoms with E-state index < -0.39 is 17.8 Å². The standard InChI is InChI=1S/C11H7F3N2O2/c12-11(13,14)9-5-8(18-16-9)6-3-1-2-4-7(6)10(15)17/h1-5H,(H2,15,17). The lowest BCUT2D eigenvalue weighted by Gasteiger charge is -2.01. The molecule has 0 aliphatic rings. The Morgan fingerprint density at radius 2 is 1.94 bits per heavy atom. The Morgan fingerprint density at radius 1 is 1.28 bits per heavy atom. The highest BCUT2D eigenvalue weighted by Crippen LogP contribution is 2.32. The second kappa shape index (κ2) is 4.17. The van der Waals surface area contributed by atoms with Gasteiger partial charge in [0, 0.05) is 11.6 Å². The zero-order chi connectivity index (χ0) is 13.3. The summed E-state index contributed by atoms with van der Waals surface area (Å²) in [6.45, 7) is 0. The monoisotopic (exact) mass is 256 g/mol. The van der Waals surface area contributed by atoms with Crippen molar-refractivity contribution in [2.24, 2.45) is 5.73 Å². The zero-order valence-corrected chi connectivity index (χ0v) is 8.86. The summed E-state index contributed by atoms with van der Waals surface area (Å²) in [5, 5.41) is 2.91. The summed E-state index contributed by atoms with van der Waals surface area (Å²) in [5.74, 6) is -0.910. The second-order valence-corrected chi connectivity index (χ2v) is 3.48. The minimum absolute atomic E-state index is 0.0716. The van der Waals surface area contributed by atoms with E-state index in [2.05, 4.69) is 9.68 Å². The molecule has 0 atom stereocenters. The Labute approximate surface area is 99.2 Å². The molecule has 1 aromatic carbocycles. The van der Waals surface area contributed by atoms with Crippen molar-refractivity contribution >= 4 is 5.91 Å². The van der Waals surface area contributed by atoms with Gasteiger partial charge in [0.15, 0.2) is 11.5 Å². The molecule has 0 saturated heterocycles. The topological polar surface area (TPSA) is 69.1 Å². The first kappa shape index (κ1) is 12.2. The summed E-state index contributed by atoms with van der Waals surface area (Å²) in [4.78, 5) is 11.1. The van der Waals surface area contributed by atoms with Gasteiger partial charge in [0.1, 0.15) is 0 Å². The van der Waals surface area contributed by atoms with Crippen molar-refractivity contribution in [3.05, 3.63) is 41.6 Å². The largest absolute Gasteiger partial charge is 0.436 e. The molecule has 18 heavy (non-hydrogen) atoms. The number of hydrogen-bond acceptors (Lipinski definition) is 3. The van der Waals surface area contributed by atoms with Crippen molar-refractivity contribution in [3.63, 3.8) is 0 Å². The summed E-state index contributed by atoms with van der Waals surface area (Å²) >= 11 is 0. The maximum Gasteiger partial charge on any atom is 0.436 e. The van der Waals surface area contributed by atoms with Gasteiger partial charge < -0.3 is 10.3 Å². The highest BCUT2D eigenvalue weighted by atomic mass is 19.4. The number of halogens is 3. The molecule has 1 amide bonds. The molecule has 2 aromatic rings. The number of alkyl halides is 3. The third-order valence-electron chi connectivity index (χ3n) is 2.26. The van der Waals surface area contributed by atoms with Gasteiger partial charge in [0.2, 0.25) is 5.91 Å². The maximum atomic E-state index is 12.4. The molecule has 1 aromatic heterocycles. The van der Waals surface area contributed by atoms with E-state index in [4.69, 9.17) is 5.73 Å². The smallest absolute Gasteiger partial charge is 0.366 e. The number of hydrogen-bond donors (Lipinski definition) is 1. The Kier molecular flexibility index (Phi) is 2.82. The molecule has 0 radical (unpaired) electrons. The van der Waals surface area contributed by atoms with Crippen molar-refractivity contribution < 1.29 is 22.5 Å². The number of carbonyl (C=O) groups excluding carboxylic acids is 1. The van der Waals surface area contributed by atoms with E-state index in [1.807, 2.05) is 0 Å². The first-order valence-corrected chi connectivity index (χ1v) is 4.82. The minimum Gasteiger partial charge on any atom is -0.366 e. The van der Waals surface area contributed by atoms with Gasteiger partial charge >= 0.3 is 6.18 Å². The van der Waals surface area contributed by atoms with E-state index in [1.54, 1.807) is 12.1 Å². The van der Waals surface area contributed by atoms with Crippen molar-refractivity contribution in [3.8, 4) is 11.3 Å². The van der Waals surface area contributed by atoms with Crippen LogP contribution in [0.4, 0.5) is 13.2 Å². The molecule has 2 N–H and O–H groups in total. The normalized spacial score (nSPS) is 11.5.